The summed E-state index contributed by atoms with van der Waals surface area (Å²) in [5.74, 6) is 2.03. The molecule has 14 nitrogen and oxygen atoms in total. The number of carbonyl (C=O) groups is 1. The fourth-order valence-electron chi connectivity index (χ4n) is 5.99. The summed E-state index contributed by atoms with van der Waals surface area (Å²) >= 11 is 0. The summed E-state index contributed by atoms with van der Waals surface area (Å²) in [4.78, 5) is 28.5. The number of hydrogen-bond acceptors (Lipinski definition) is 12. The number of carbonyl (C=O) groups excluding carboxylic acids is 1. The molecule has 1 saturated carbocycles. The van der Waals surface area contributed by atoms with E-state index < -0.39 is 5.60 Å². The lowest BCUT2D eigenvalue weighted by Crippen LogP contribution is -2.54. The van der Waals surface area contributed by atoms with Gasteiger partial charge in [-0.3, -0.25) is 0 Å². The van der Waals surface area contributed by atoms with Crippen LogP contribution in [0, 0.1) is 22.7 Å². The van der Waals surface area contributed by atoms with Crippen LogP contribution in [0.1, 0.15) is 57.2 Å². The highest BCUT2D eigenvalue weighted by atomic mass is 16.6. The first-order valence-corrected chi connectivity index (χ1v) is 16.2. The highest BCUT2D eigenvalue weighted by molar-refractivity contribution is 5.78. The minimum atomic E-state index is -0.594. The number of methoxy groups -OCH3 is 2. The van der Waals surface area contributed by atoms with E-state index >= 15 is 0 Å². The molecule has 2 aromatic heterocycles. The third-order valence-corrected chi connectivity index (χ3v) is 8.47. The van der Waals surface area contributed by atoms with Crippen LogP contribution in [0.15, 0.2) is 42.6 Å². The van der Waals surface area contributed by atoms with Gasteiger partial charge in [-0.2, -0.15) is 30.1 Å². The van der Waals surface area contributed by atoms with Crippen LogP contribution in [0.25, 0.3) is 5.65 Å². The molecule has 0 radical (unpaired) electrons. The fourth-order valence-corrected chi connectivity index (χ4v) is 5.99. The Morgan fingerprint density at radius 2 is 1.82 bits per heavy atom. The summed E-state index contributed by atoms with van der Waals surface area (Å²) in [6.45, 7) is 9.50. The summed E-state index contributed by atoms with van der Waals surface area (Å²) < 4.78 is 18.5. The number of piperazine rings is 1. The lowest BCUT2D eigenvalue weighted by Gasteiger charge is -2.42. The van der Waals surface area contributed by atoms with Crippen LogP contribution >= 0.6 is 0 Å². The van der Waals surface area contributed by atoms with Crippen LogP contribution in [-0.2, 0) is 11.3 Å². The molecule has 2 aliphatic rings. The standard InChI is InChI=1S/C35H40N10O4/c1-22-20-42(34(46)49-35(2,3)4)13-14-43(22)29-16-24(17-36)15-28(30(29)48-6)39-32-40-31-25(18-37)19-38-45(31)33(41-32)44(26-9-10-26)21-23-7-11-27(47-5)12-8-23/h7-8,11-12,15-16,19,22,26H,9-10,13-14,20-21H2,1-6H3,(H,39,40)/t22-/m0/s1. The molecule has 1 saturated heterocycles. The van der Waals surface area contributed by atoms with E-state index in [9.17, 15) is 15.3 Å². The second kappa shape index (κ2) is 13.4. The van der Waals surface area contributed by atoms with E-state index in [-0.39, 0.29) is 24.1 Å². The van der Waals surface area contributed by atoms with Gasteiger partial charge in [-0.05, 0) is 70.4 Å². The summed E-state index contributed by atoms with van der Waals surface area (Å²) in [6.07, 6.45) is 3.13. The van der Waals surface area contributed by atoms with Crippen LogP contribution in [0.2, 0.25) is 0 Å². The second-order valence-electron chi connectivity index (χ2n) is 13.2. The molecular formula is C35H40N10O4. The Balaban J connectivity index is 1.35. The fraction of sp³-hybridized carbons (Fsp3) is 0.429. The summed E-state index contributed by atoms with van der Waals surface area (Å²) in [5, 5.41) is 27.7. The van der Waals surface area contributed by atoms with Crippen LogP contribution < -0.4 is 24.6 Å². The highest BCUT2D eigenvalue weighted by Gasteiger charge is 2.34. The van der Waals surface area contributed by atoms with E-state index in [1.807, 2.05) is 52.0 Å². The van der Waals surface area contributed by atoms with Crippen molar-refractivity contribution >= 4 is 35.0 Å². The first-order valence-electron chi connectivity index (χ1n) is 16.2. The van der Waals surface area contributed by atoms with Crippen molar-refractivity contribution in [2.75, 3.05) is 49.0 Å². The lowest BCUT2D eigenvalue weighted by atomic mass is 10.1. The summed E-state index contributed by atoms with van der Waals surface area (Å²) in [7, 11) is 3.21. The molecule has 6 rings (SSSR count). The molecule has 3 heterocycles. The zero-order valence-electron chi connectivity index (χ0n) is 28.6. The average Bonchev–Trinajstić information content (AvgIpc) is 3.84. The van der Waals surface area contributed by atoms with Crippen molar-refractivity contribution in [3.05, 3.63) is 59.3 Å². The molecule has 0 spiro atoms. The van der Waals surface area contributed by atoms with Crippen LogP contribution in [0.4, 0.5) is 28.1 Å². The topological polar surface area (TPSA) is 157 Å². The van der Waals surface area contributed by atoms with Crippen molar-refractivity contribution in [1.29, 1.82) is 10.5 Å². The van der Waals surface area contributed by atoms with Gasteiger partial charge in [-0.1, -0.05) is 12.1 Å². The molecule has 14 heteroatoms. The van der Waals surface area contributed by atoms with Gasteiger partial charge in [0.1, 0.15) is 23.0 Å². The predicted octanol–water partition coefficient (Wildman–Crippen LogP) is 5.24. The van der Waals surface area contributed by atoms with Crippen molar-refractivity contribution in [3.8, 4) is 23.6 Å². The maximum atomic E-state index is 12.8. The molecule has 1 aliphatic carbocycles. The van der Waals surface area contributed by atoms with E-state index in [4.69, 9.17) is 24.2 Å². The smallest absolute Gasteiger partial charge is 0.410 e. The predicted molar refractivity (Wildman–Crippen MR) is 183 cm³/mol. The maximum Gasteiger partial charge on any atom is 0.410 e. The number of fused-ring (bicyclic) bond motifs is 1. The van der Waals surface area contributed by atoms with Gasteiger partial charge < -0.3 is 34.2 Å². The number of nitriles is 2. The summed E-state index contributed by atoms with van der Waals surface area (Å²) in [6, 6.07) is 16.0. The number of aromatic nitrogens is 4. The molecule has 1 N–H and O–H groups in total. The van der Waals surface area contributed by atoms with Crippen molar-refractivity contribution in [2.24, 2.45) is 0 Å². The van der Waals surface area contributed by atoms with Gasteiger partial charge in [-0.25, -0.2) is 4.79 Å². The van der Waals surface area contributed by atoms with Crippen LogP contribution in [0.3, 0.4) is 0 Å². The Labute approximate surface area is 285 Å². The average molecular weight is 665 g/mol. The number of ether oxygens (including phenoxy) is 3. The van der Waals surface area contributed by atoms with E-state index in [0.29, 0.717) is 66.0 Å². The number of anilines is 4. The normalized spacial score (nSPS) is 16.1. The highest BCUT2D eigenvalue weighted by Crippen LogP contribution is 2.41. The molecule has 0 unspecified atom stereocenters. The molecular weight excluding hydrogens is 624 g/mol. The molecule has 1 aliphatic heterocycles. The number of benzene rings is 2. The van der Waals surface area contributed by atoms with E-state index in [1.165, 1.54) is 6.20 Å². The summed E-state index contributed by atoms with van der Waals surface area (Å²) in [5.41, 5.74) is 2.73. The van der Waals surface area contributed by atoms with Crippen molar-refractivity contribution in [1.82, 2.24) is 24.5 Å². The lowest BCUT2D eigenvalue weighted by molar-refractivity contribution is 0.0218. The van der Waals surface area contributed by atoms with Crippen molar-refractivity contribution in [3.63, 3.8) is 0 Å². The zero-order valence-corrected chi connectivity index (χ0v) is 28.6. The van der Waals surface area contributed by atoms with Gasteiger partial charge in [0.2, 0.25) is 11.9 Å². The first kappa shape index (κ1) is 33.2. The molecule has 0 bridgehead atoms. The van der Waals surface area contributed by atoms with Gasteiger partial charge in [-0.15, -0.1) is 0 Å². The molecule has 2 aromatic carbocycles. The van der Waals surface area contributed by atoms with E-state index in [2.05, 4.69) is 32.4 Å². The quantitative estimate of drug-likeness (QED) is 0.248. The molecule has 49 heavy (non-hydrogen) atoms. The van der Waals surface area contributed by atoms with E-state index in [0.717, 1.165) is 24.2 Å². The third-order valence-electron chi connectivity index (χ3n) is 8.47. The maximum absolute atomic E-state index is 12.8. The third kappa shape index (κ3) is 7.09. The Bertz CT molecular complexity index is 1940. The largest absolute Gasteiger partial charge is 0.497 e. The molecule has 1 atom stereocenters. The minimum Gasteiger partial charge on any atom is -0.497 e. The van der Waals surface area contributed by atoms with Crippen LogP contribution in [-0.4, -0.2) is 82.1 Å². The molecule has 1 amide bonds. The van der Waals surface area contributed by atoms with Gasteiger partial charge in [0.15, 0.2) is 11.4 Å². The zero-order chi connectivity index (χ0) is 34.9. The van der Waals surface area contributed by atoms with Gasteiger partial charge in [0.25, 0.3) is 0 Å². The van der Waals surface area contributed by atoms with Gasteiger partial charge in [0, 0.05) is 38.3 Å². The molecule has 4 aromatic rings. The van der Waals surface area contributed by atoms with Crippen LogP contribution in [0.5, 0.6) is 11.5 Å². The number of rotatable bonds is 9. The van der Waals surface area contributed by atoms with Gasteiger partial charge >= 0.3 is 6.09 Å². The minimum absolute atomic E-state index is 0.105. The Morgan fingerprint density at radius 1 is 1.06 bits per heavy atom. The SMILES string of the molecule is COc1ccc(CN(c2nc(Nc3cc(C#N)cc(N4CCN(C(=O)OC(C)(C)C)C[C@@H]4C)c3OC)nc3c(C#N)cnn23)C2CC2)cc1. The number of nitrogens with zero attached hydrogens (tertiary/aromatic N) is 9. The second-order valence-corrected chi connectivity index (χ2v) is 13.2. The first-order chi connectivity index (χ1) is 23.5. The number of hydrogen-bond donors (Lipinski definition) is 1. The Morgan fingerprint density at radius 3 is 2.43 bits per heavy atom. The van der Waals surface area contributed by atoms with Gasteiger partial charge in [0.05, 0.1) is 43.4 Å². The van der Waals surface area contributed by atoms with E-state index in [1.54, 1.807) is 35.8 Å². The number of amides is 1. The molecule has 254 valence electrons. The number of nitrogens with one attached hydrogen (secondary N) is 1. The Hall–Kier alpha value is -5.76. The monoisotopic (exact) mass is 664 g/mol. The van der Waals surface area contributed by atoms with Crippen molar-refractivity contribution < 1.29 is 19.0 Å². The molecule has 2 fully saturated rings. The van der Waals surface area contributed by atoms with Crippen molar-refractivity contribution in [2.45, 2.75) is 64.8 Å². The Kier molecular flexibility index (Phi) is 9.06.